The Morgan fingerprint density at radius 3 is 2.77 bits per heavy atom. The second-order valence-corrected chi connectivity index (χ2v) is 9.03. The molecule has 0 aliphatic heterocycles. The summed E-state index contributed by atoms with van der Waals surface area (Å²) >= 11 is 2.03. The fourth-order valence-electron chi connectivity index (χ4n) is 3.43. The second-order valence-electron chi connectivity index (χ2n) is 7.86. The molecule has 1 saturated carbocycles. The van der Waals surface area contributed by atoms with Gasteiger partial charge in [0.15, 0.2) is 11.5 Å². The molecule has 0 saturated heterocycles. The van der Waals surface area contributed by atoms with Crippen LogP contribution in [0.3, 0.4) is 0 Å². The number of aromatic nitrogens is 2. The third-order valence-electron chi connectivity index (χ3n) is 5.37. The van der Waals surface area contributed by atoms with Gasteiger partial charge in [0, 0.05) is 5.54 Å². The number of carbonyl (C=O) groups is 1. The number of halogens is 1. The van der Waals surface area contributed by atoms with E-state index in [2.05, 4.69) is 22.2 Å². The smallest absolute Gasteiger partial charge is 0.267 e. The molecule has 2 heterocycles. The van der Waals surface area contributed by atoms with E-state index in [0.29, 0.717) is 52.9 Å². The van der Waals surface area contributed by atoms with Crippen molar-refractivity contribution >= 4 is 45.7 Å². The molecule has 2 aromatic heterocycles. The summed E-state index contributed by atoms with van der Waals surface area (Å²) in [5, 5.41) is 4.08. The number of hydrogen-bond donors (Lipinski definition) is 1. The first kappa shape index (κ1) is 21.7. The molecule has 1 fully saturated rings. The molecule has 1 amide bonds. The van der Waals surface area contributed by atoms with Crippen LogP contribution in [0.25, 0.3) is 11.1 Å². The molecule has 1 aromatic carbocycles. The molecule has 1 aliphatic rings. The van der Waals surface area contributed by atoms with Gasteiger partial charge in [0.25, 0.3) is 5.91 Å². The number of aryl methyl sites for hydroxylation is 1. The van der Waals surface area contributed by atoms with Crippen molar-refractivity contribution < 1.29 is 18.7 Å². The second kappa shape index (κ2) is 8.52. The third kappa shape index (κ3) is 4.41. The number of rotatable bonds is 8. The standard InChI is InChI=1S/C22H25IN4O4/c1-5-30-15-7-6-14(10-16(15)29-4)11-27(23)21(28)17-13(2)31-20-18(17)19(24-12-25-20)26-22(3)8-9-22/h6-7,10,12H,5,8-9,11H2,1-4H3,(H,24,25,26). The summed E-state index contributed by atoms with van der Waals surface area (Å²) in [6.07, 6.45) is 3.59. The highest BCUT2D eigenvalue weighted by molar-refractivity contribution is 14.1. The first-order valence-electron chi connectivity index (χ1n) is 10.1. The summed E-state index contributed by atoms with van der Waals surface area (Å²) in [6, 6.07) is 5.67. The van der Waals surface area contributed by atoms with Gasteiger partial charge in [-0.05, 0) is 51.3 Å². The molecular formula is C22H25IN4O4. The number of anilines is 1. The number of ether oxygens (including phenoxy) is 2. The molecule has 8 nitrogen and oxygen atoms in total. The lowest BCUT2D eigenvalue weighted by Crippen LogP contribution is -2.22. The lowest BCUT2D eigenvalue weighted by Gasteiger charge is -2.17. The zero-order valence-corrected chi connectivity index (χ0v) is 20.1. The van der Waals surface area contributed by atoms with Gasteiger partial charge in [-0.2, -0.15) is 0 Å². The van der Waals surface area contributed by atoms with E-state index in [1.165, 1.54) is 6.33 Å². The van der Waals surface area contributed by atoms with E-state index in [4.69, 9.17) is 13.9 Å². The molecule has 0 radical (unpaired) electrons. The van der Waals surface area contributed by atoms with Gasteiger partial charge in [0.2, 0.25) is 5.71 Å². The van der Waals surface area contributed by atoms with Crippen molar-refractivity contribution in [3.05, 3.63) is 41.4 Å². The summed E-state index contributed by atoms with van der Waals surface area (Å²) in [7, 11) is 1.60. The van der Waals surface area contributed by atoms with Gasteiger partial charge < -0.3 is 19.2 Å². The van der Waals surface area contributed by atoms with Crippen molar-refractivity contribution in [3.8, 4) is 11.5 Å². The zero-order chi connectivity index (χ0) is 22.2. The van der Waals surface area contributed by atoms with Crippen LogP contribution < -0.4 is 14.8 Å². The summed E-state index contributed by atoms with van der Waals surface area (Å²) in [4.78, 5) is 22.0. The first-order valence-corrected chi connectivity index (χ1v) is 11.1. The van der Waals surface area contributed by atoms with E-state index < -0.39 is 0 Å². The monoisotopic (exact) mass is 536 g/mol. The molecule has 9 heteroatoms. The Labute approximate surface area is 194 Å². The summed E-state index contributed by atoms with van der Waals surface area (Å²) in [5.41, 5.74) is 1.83. The van der Waals surface area contributed by atoms with Gasteiger partial charge in [-0.25, -0.2) is 9.97 Å². The highest BCUT2D eigenvalue weighted by Crippen LogP contribution is 2.40. The van der Waals surface area contributed by atoms with Crippen molar-refractivity contribution in [1.29, 1.82) is 0 Å². The summed E-state index contributed by atoms with van der Waals surface area (Å²) in [5.74, 6) is 2.31. The van der Waals surface area contributed by atoms with Crippen LogP contribution in [0, 0.1) is 6.92 Å². The van der Waals surface area contributed by atoms with E-state index >= 15 is 0 Å². The van der Waals surface area contributed by atoms with E-state index in [-0.39, 0.29) is 11.4 Å². The lowest BCUT2D eigenvalue weighted by atomic mass is 10.1. The summed E-state index contributed by atoms with van der Waals surface area (Å²) in [6.45, 7) is 6.78. The van der Waals surface area contributed by atoms with Crippen LogP contribution in [0.2, 0.25) is 0 Å². The molecule has 0 atom stereocenters. The maximum Gasteiger partial charge on any atom is 0.267 e. The topological polar surface area (TPSA) is 89.7 Å². The van der Waals surface area contributed by atoms with E-state index in [9.17, 15) is 4.79 Å². The number of furan rings is 1. The number of methoxy groups -OCH3 is 1. The minimum absolute atomic E-state index is 0.00957. The fourth-order valence-corrected chi connectivity index (χ4v) is 4.07. The molecular weight excluding hydrogens is 511 g/mol. The van der Waals surface area contributed by atoms with Crippen LogP contribution in [0.15, 0.2) is 28.9 Å². The van der Waals surface area contributed by atoms with Gasteiger partial charge in [0.1, 0.15) is 17.9 Å². The van der Waals surface area contributed by atoms with Crippen molar-refractivity contribution in [2.24, 2.45) is 0 Å². The van der Waals surface area contributed by atoms with E-state index in [0.717, 1.165) is 18.4 Å². The summed E-state index contributed by atoms with van der Waals surface area (Å²) < 4.78 is 18.4. The predicted molar refractivity (Wildman–Crippen MR) is 126 cm³/mol. The van der Waals surface area contributed by atoms with Gasteiger partial charge in [-0.15, -0.1) is 0 Å². The quantitative estimate of drug-likeness (QED) is 0.324. The van der Waals surface area contributed by atoms with Crippen molar-refractivity contribution in [2.45, 2.75) is 45.7 Å². The molecule has 31 heavy (non-hydrogen) atoms. The Balaban J connectivity index is 1.62. The van der Waals surface area contributed by atoms with Crippen LogP contribution >= 0.6 is 22.9 Å². The van der Waals surface area contributed by atoms with Crippen molar-refractivity contribution in [3.63, 3.8) is 0 Å². The first-order chi connectivity index (χ1) is 14.8. The normalized spacial score (nSPS) is 14.4. The fraction of sp³-hybridized carbons (Fsp3) is 0.409. The maximum atomic E-state index is 13.4. The largest absolute Gasteiger partial charge is 0.493 e. The van der Waals surface area contributed by atoms with Crippen LogP contribution in [-0.4, -0.2) is 38.2 Å². The Morgan fingerprint density at radius 2 is 2.10 bits per heavy atom. The third-order valence-corrected chi connectivity index (χ3v) is 6.15. The molecule has 0 unspecified atom stereocenters. The number of nitrogens with zero attached hydrogens (tertiary/aromatic N) is 3. The minimum atomic E-state index is -0.163. The number of carbonyl (C=O) groups excluding carboxylic acids is 1. The zero-order valence-electron chi connectivity index (χ0n) is 18.0. The number of amides is 1. The van der Waals surface area contributed by atoms with Crippen LogP contribution in [-0.2, 0) is 6.54 Å². The molecule has 164 valence electrons. The number of fused-ring (bicyclic) bond motifs is 1. The molecule has 0 spiro atoms. The van der Waals surface area contributed by atoms with Crippen molar-refractivity contribution in [1.82, 2.24) is 13.1 Å². The average molecular weight is 536 g/mol. The molecule has 4 rings (SSSR count). The minimum Gasteiger partial charge on any atom is -0.493 e. The molecule has 3 aromatic rings. The maximum absolute atomic E-state index is 13.4. The number of hydrogen-bond acceptors (Lipinski definition) is 7. The number of benzene rings is 1. The van der Waals surface area contributed by atoms with Crippen LogP contribution in [0.5, 0.6) is 11.5 Å². The van der Waals surface area contributed by atoms with Crippen LogP contribution in [0.4, 0.5) is 5.82 Å². The Bertz CT molecular complexity index is 1130. The Morgan fingerprint density at radius 1 is 1.32 bits per heavy atom. The molecule has 0 bridgehead atoms. The predicted octanol–water partition coefficient (Wildman–Crippen LogP) is 4.90. The van der Waals surface area contributed by atoms with Crippen LogP contribution in [0.1, 0.15) is 48.4 Å². The van der Waals surface area contributed by atoms with E-state index in [1.54, 1.807) is 17.1 Å². The highest BCUT2D eigenvalue weighted by Gasteiger charge is 2.38. The highest BCUT2D eigenvalue weighted by atomic mass is 127. The van der Waals surface area contributed by atoms with Gasteiger partial charge in [0.05, 0.1) is 54.1 Å². The van der Waals surface area contributed by atoms with Gasteiger partial charge >= 0.3 is 0 Å². The molecule has 1 N–H and O–H groups in total. The average Bonchev–Trinajstić information content (AvgIpc) is 3.36. The lowest BCUT2D eigenvalue weighted by molar-refractivity contribution is 0.0883. The molecule has 1 aliphatic carbocycles. The Kier molecular flexibility index (Phi) is 5.96. The number of nitrogens with one attached hydrogen (secondary N) is 1. The van der Waals surface area contributed by atoms with Crippen molar-refractivity contribution in [2.75, 3.05) is 19.0 Å². The SMILES string of the molecule is CCOc1ccc(CN(I)C(=O)c2c(C)oc3ncnc(NC4(C)CC4)c23)cc1OC. The van der Waals surface area contributed by atoms with E-state index in [1.807, 2.05) is 48.0 Å². The Hall–Kier alpha value is -2.56. The van der Waals surface area contributed by atoms with Gasteiger partial charge in [-0.3, -0.25) is 7.91 Å². The van der Waals surface area contributed by atoms with Gasteiger partial charge in [-0.1, -0.05) is 6.07 Å².